The third-order valence-corrected chi connectivity index (χ3v) is 3.77. The van der Waals surface area contributed by atoms with Crippen molar-refractivity contribution < 1.29 is 9.90 Å². The standard InChI is InChI=1S/C13H20N2O2/c1-9-12(7-13(16)17)10(2)15(14-9)8-11-5-3-4-6-11/h11H,3-8H2,1-2H3,(H,16,17). The van der Waals surface area contributed by atoms with Crippen LogP contribution in [0.2, 0.25) is 0 Å². The monoisotopic (exact) mass is 236 g/mol. The molecule has 94 valence electrons. The van der Waals surface area contributed by atoms with Crippen LogP contribution in [0.3, 0.4) is 0 Å². The summed E-state index contributed by atoms with van der Waals surface area (Å²) in [7, 11) is 0. The zero-order chi connectivity index (χ0) is 12.4. The van der Waals surface area contributed by atoms with E-state index >= 15 is 0 Å². The summed E-state index contributed by atoms with van der Waals surface area (Å²) in [6, 6.07) is 0. The number of nitrogens with zero attached hydrogens (tertiary/aromatic N) is 2. The summed E-state index contributed by atoms with van der Waals surface area (Å²) in [6.07, 6.45) is 5.31. The van der Waals surface area contributed by atoms with Gasteiger partial charge in [-0.15, -0.1) is 0 Å². The Kier molecular flexibility index (Phi) is 3.50. The highest BCUT2D eigenvalue weighted by Crippen LogP contribution is 2.27. The second-order valence-electron chi connectivity index (χ2n) is 5.05. The summed E-state index contributed by atoms with van der Waals surface area (Å²) in [5, 5.41) is 13.4. The van der Waals surface area contributed by atoms with Crippen LogP contribution in [0, 0.1) is 19.8 Å². The second-order valence-corrected chi connectivity index (χ2v) is 5.05. The molecule has 17 heavy (non-hydrogen) atoms. The summed E-state index contributed by atoms with van der Waals surface area (Å²) >= 11 is 0. The van der Waals surface area contributed by atoms with Crippen LogP contribution >= 0.6 is 0 Å². The van der Waals surface area contributed by atoms with Crippen LogP contribution in [0.25, 0.3) is 0 Å². The fraction of sp³-hybridized carbons (Fsp3) is 0.692. The highest BCUT2D eigenvalue weighted by atomic mass is 16.4. The molecule has 0 spiro atoms. The van der Waals surface area contributed by atoms with Gasteiger partial charge in [-0.3, -0.25) is 9.48 Å². The molecule has 0 unspecified atom stereocenters. The molecule has 0 saturated heterocycles. The molecule has 1 N–H and O–H groups in total. The Morgan fingerprint density at radius 3 is 2.65 bits per heavy atom. The van der Waals surface area contributed by atoms with Crippen molar-refractivity contribution >= 4 is 5.97 Å². The molecule has 1 saturated carbocycles. The van der Waals surface area contributed by atoms with Gasteiger partial charge < -0.3 is 5.11 Å². The third-order valence-electron chi connectivity index (χ3n) is 3.77. The van der Waals surface area contributed by atoms with Crippen molar-refractivity contribution in [2.24, 2.45) is 5.92 Å². The third kappa shape index (κ3) is 2.68. The van der Waals surface area contributed by atoms with E-state index in [4.69, 9.17) is 5.11 Å². The van der Waals surface area contributed by atoms with Crippen molar-refractivity contribution in [1.82, 2.24) is 9.78 Å². The average molecular weight is 236 g/mol. The molecule has 0 aliphatic heterocycles. The molecular formula is C13H20N2O2. The van der Waals surface area contributed by atoms with Crippen LogP contribution in [0.5, 0.6) is 0 Å². The van der Waals surface area contributed by atoms with E-state index in [1.807, 2.05) is 18.5 Å². The molecule has 2 rings (SSSR count). The summed E-state index contributed by atoms with van der Waals surface area (Å²) in [4.78, 5) is 10.8. The SMILES string of the molecule is Cc1nn(CC2CCCC2)c(C)c1CC(=O)O. The van der Waals surface area contributed by atoms with Crippen molar-refractivity contribution in [2.45, 2.75) is 52.5 Å². The zero-order valence-corrected chi connectivity index (χ0v) is 10.6. The summed E-state index contributed by atoms with van der Waals surface area (Å²) < 4.78 is 2.00. The Morgan fingerprint density at radius 1 is 1.41 bits per heavy atom. The van der Waals surface area contributed by atoms with Gasteiger partial charge in [0.1, 0.15) is 0 Å². The lowest BCUT2D eigenvalue weighted by Gasteiger charge is -2.10. The largest absolute Gasteiger partial charge is 0.481 e. The maximum absolute atomic E-state index is 10.8. The Labute approximate surface area is 102 Å². The molecule has 1 aromatic heterocycles. The molecule has 0 atom stereocenters. The quantitative estimate of drug-likeness (QED) is 0.872. The predicted molar refractivity (Wildman–Crippen MR) is 65.0 cm³/mol. The summed E-state index contributed by atoms with van der Waals surface area (Å²) in [6.45, 7) is 4.83. The van der Waals surface area contributed by atoms with Crippen LogP contribution in [-0.4, -0.2) is 20.9 Å². The maximum atomic E-state index is 10.8. The van der Waals surface area contributed by atoms with Gasteiger partial charge in [-0.25, -0.2) is 0 Å². The molecule has 1 aliphatic rings. The highest BCUT2D eigenvalue weighted by Gasteiger charge is 2.19. The molecule has 4 heteroatoms. The van der Waals surface area contributed by atoms with Gasteiger partial charge in [0.15, 0.2) is 0 Å². The molecule has 0 amide bonds. The van der Waals surface area contributed by atoms with Gasteiger partial charge in [0, 0.05) is 17.8 Å². The minimum atomic E-state index is -0.781. The fourth-order valence-electron chi connectivity index (χ4n) is 2.76. The van der Waals surface area contributed by atoms with Crippen molar-refractivity contribution in [2.75, 3.05) is 0 Å². The number of aryl methyl sites for hydroxylation is 1. The topological polar surface area (TPSA) is 55.1 Å². The van der Waals surface area contributed by atoms with E-state index in [2.05, 4.69) is 5.10 Å². The number of carboxylic acids is 1. The molecule has 1 aromatic rings. The van der Waals surface area contributed by atoms with Crippen LogP contribution < -0.4 is 0 Å². The lowest BCUT2D eigenvalue weighted by atomic mass is 10.1. The molecule has 1 heterocycles. The Morgan fingerprint density at radius 2 is 2.06 bits per heavy atom. The van der Waals surface area contributed by atoms with Crippen molar-refractivity contribution in [3.63, 3.8) is 0 Å². The van der Waals surface area contributed by atoms with Gasteiger partial charge in [-0.1, -0.05) is 12.8 Å². The normalized spacial score (nSPS) is 16.6. The number of aliphatic carboxylic acids is 1. The number of rotatable bonds is 4. The Balaban J connectivity index is 2.14. The van der Waals surface area contributed by atoms with Crippen molar-refractivity contribution in [3.8, 4) is 0 Å². The number of hydrogen-bond acceptors (Lipinski definition) is 2. The van der Waals surface area contributed by atoms with Crippen molar-refractivity contribution in [1.29, 1.82) is 0 Å². The van der Waals surface area contributed by atoms with Gasteiger partial charge in [0.2, 0.25) is 0 Å². The first-order valence-corrected chi connectivity index (χ1v) is 6.32. The first-order chi connectivity index (χ1) is 8.08. The van der Waals surface area contributed by atoms with E-state index in [1.165, 1.54) is 25.7 Å². The Bertz CT molecular complexity index is 417. The number of hydrogen-bond donors (Lipinski definition) is 1. The molecule has 0 bridgehead atoms. The number of carbonyl (C=O) groups is 1. The molecular weight excluding hydrogens is 216 g/mol. The van der Waals surface area contributed by atoms with Gasteiger partial charge in [0.05, 0.1) is 12.1 Å². The van der Waals surface area contributed by atoms with E-state index in [-0.39, 0.29) is 6.42 Å². The molecule has 1 fully saturated rings. The molecule has 0 radical (unpaired) electrons. The first-order valence-electron chi connectivity index (χ1n) is 6.32. The van der Waals surface area contributed by atoms with Crippen LogP contribution in [0.1, 0.15) is 42.6 Å². The zero-order valence-electron chi connectivity index (χ0n) is 10.6. The number of carboxylic acid groups (broad SMARTS) is 1. The predicted octanol–water partition coefficient (Wildman–Crippen LogP) is 2.32. The lowest BCUT2D eigenvalue weighted by Crippen LogP contribution is -2.11. The highest BCUT2D eigenvalue weighted by molar-refractivity contribution is 5.70. The van der Waals surface area contributed by atoms with E-state index in [1.54, 1.807) is 0 Å². The molecule has 1 aliphatic carbocycles. The van der Waals surface area contributed by atoms with Crippen LogP contribution in [-0.2, 0) is 17.8 Å². The van der Waals surface area contributed by atoms with E-state index < -0.39 is 5.97 Å². The van der Waals surface area contributed by atoms with E-state index in [0.717, 1.165) is 29.4 Å². The van der Waals surface area contributed by atoms with Crippen molar-refractivity contribution in [3.05, 3.63) is 17.0 Å². The van der Waals surface area contributed by atoms with Gasteiger partial charge in [0.25, 0.3) is 0 Å². The smallest absolute Gasteiger partial charge is 0.307 e. The van der Waals surface area contributed by atoms with E-state index in [0.29, 0.717) is 0 Å². The minimum Gasteiger partial charge on any atom is -0.481 e. The first kappa shape index (κ1) is 12.1. The van der Waals surface area contributed by atoms with Gasteiger partial charge >= 0.3 is 5.97 Å². The van der Waals surface area contributed by atoms with Crippen LogP contribution in [0.15, 0.2) is 0 Å². The maximum Gasteiger partial charge on any atom is 0.307 e. The summed E-state index contributed by atoms with van der Waals surface area (Å²) in [5.74, 6) is -0.0534. The van der Waals surface area contributed by atoms with Crippen LogP contribution in [0.4, 0.5) is 0 Å². The average Bonchev–Trinajstić information content (AvgIpc) is 2.83. The minimum absolute atomic E-state index is 0.0856. The Hall–Kier alpha value is -1.32. The van der Waals surface area contributed by atoms with Gasteiger partial charge in [-0.2, -0.15) is 5.10 Å². The summed E-state index contributed by atoms with van der Waals surface area (Å²) in [5.41, 5.74) is 2.77. The lowest BCUT2D eigenvalue weighted by molar-refractivity contribution is -0.136. The fourth-order valence-corrected chi connectivity index (χ4v) is 2.76. The van der Waals surface area contributed by atoms with Gasteiger partial charge in [-0.05, 0) is 32.6 Å². The second kappa shape index (κ2) is 4.90. The molecule has 0 aromatic carbocycles. The molecule has 4 nitrogen and oxygen atoms in total. The number of aromatic nitrogens is 2. The van der Waals surface area contributed by atoms with E-state index in [9.17, 15) is 4.79 Å².